The fourth-order valence-corrected chi connectivity index (χ4v) is 4.25. The van der Waals surface area contributed by atoms with Crippen LogP contribution in [0.3, 0.4) is 0 Å². The van der Waals surface area contributed by atoms with Crippen LogP contribution >= 0.6 is 11.3 Å². The van der Waals surface area contributed by atoms with Crippen molar-refractivity contribution in [2.75, 3.05) is 30.8 Å². The number of benzene rings is 1. The topological polar surface area (TPSA) is 87.2 Å². The van der Waals surface area contributed by atoms with Gasteiger partial charge < -0.3 is 10.6 Å². The van der Waals surface area contributed by atoms with Gasteiger partial charge in [0.05, 0.1) is 18.8 Å². The van der Waals surface area contributed by atoms with Gasteiger partial charge >= 0.3 is 0 Å². The Bertz CT molecular complexity index is 1090. The van der Waals surface area contributed by atoms with Crippen LogP contribution in [-0.2, 0) is 9.59 Å². The Labute approximate surface area is 186 Å². The highest BCUT2D eigenvalue weighted by Gasteiger charge is 2.15. The number of likely N-dealkylation sites (N-methyl/N-ethyl adjacent to an activating group) is 1. The van der Waals surface area contributed by atoms with Crippen LogP contribution in [0.15, 0.2) is 35.7 Å². The summed E-state index contributed by atoms with van der Waals surface area (Å²) >= 11 is 1.39. The second-order valence-electron chi connectivity index (χ2n) is 7.74. The first-order valence-electron chi connectivity index (χ1n) is 9.97. The lowest BCUT2D eigenvalue weighted by molar-refractivity contribution is -0.119. The molecule has 3 aromatic rings. The van der Waals surface area contributed by atoms with Gasteiger partial charge in [0.25, 0.3) is 0 Å². The molecule has 3 rings (SSSR count). The van der Waals surface area contributed by atoms with Gasteiger partial charge in [-0.1, -0.05) is 23.8 Å². The first kappa shape index (κ1) is 22.6. The molecule has 0 aliphatic carbocycles. The number of carbonyl (C=O) groups is 2. The largest absolute Gasteiger partial charge is 0.310 e. The number of anilines is 2. The van der Waals surface area contributed by atoms with Crippen molar-refractivity contribution in [2.24, 2.45) is 0 Å². The Morgan fingerprint density at radius 3 is 2.26 bits per heavy atom. The van der Waals surface area contributed by atoms with Crippen molar-refractivity contribution in [3.8, 4) is 11.3 Å². The van der Waals surface area contributed by atoms with Crippen molar-refractivity contribution < 1.29 is 9.59 Å². The van der Waals surface area contributed by atoms with E-state index in [0.717, 1.165) is 28.1 Å². The van der Waals surface area contributed by atoms with Gasteiger partial charge in [-0.25, -0.2) is 9.97 Å². The van der Waals surface area contributed by atoms with Crippen LogP contribution in [0.25, 0.3) is 11.3 Å². The minimum Gasteiger partial charge on any atom is -0.310 e. The lowest BCUT2D eigenvalue weighted by Crippen LogP contribution is -2.36. The van der Waals surface area contributed by atoms with E-state index in [1.165, 1.54) is 16.9 Å². The molecule has 0 radical (unpaired) electrons. The van der Waals surface area contributed by atoms with Gasteiger partial charge in [0.2, 0.25) is 11.8 Å². The second kappa shape index (κ2) is 9.80. The fourth-order valence-electron chi connectivity index (χ4n) is 3.53. The van der Waals surface area contributed by atoms with Gasteiger partial charge in [0, 0.05) is 16.6 Å². The highest BCUT2D eigenvalue weighted by molar-refractivity contribution is 7.14. The molecule has 0 aliphatic heterocycles. The molecule has 0 saturated heterocycles. The summed E-state index contributed by atoms with van der Waals surface area (Å²) in [5.74, 6) is 0.0531. The van der Waals surface area contributed by atoms with Crippen LogP contribution in [0.4, 0.5) is 10.9 Å². The Kier molecular flexibility index (Phi) is 7.14. The van der Waals surface area contributed by atoms with E-state index >= 15 is 0 Å². The van der Waals surface area contributed by atoms with Crippen molar-refractivity contribution in [3.05, 3.63) is 58.1 Å². The van der Waals surface area contributed by atoms with Gasteiger partial charge in [-0.2, -0.15) is 0 Å². The van der Waals surface area contributed by atoms with Gasteiger partial charge in [0.15, 0.2) is 5.13 Å². The minimum atomic E-state index is -0.227. The number of amides is 2. The average molecular weight is 438 g/mol. The van der Waals surface area contributed by atoms with Crippen LogP contribution in [0.2, 0.25) is 0 Å². The van der Waals surface area contributed by atoms with E-state index in [4.69, 9.17) is 0 Å². The Morgan fingerprint density at radius 2 is 1.61 bits per heavy atom. The maximum absolute atomic E-state index is 12.4. The number of nitrogens with zero attached hydrogens (tertiary/aromatic N) is 3. The van der Waals surface area contributed by atoms with Crippen molar-refractivity contribution in [3.63, 3.8) is 0 Å². The monoisotopic (exact) mass is 437 g/mol. The molecule has 2 amide bonds. The molecule has 2 heterocycles. The molecule has 2 N–H and O–H groups in total. The molecule has 2 aromatic heterocycles. The standard InChI is InChI=1S/C23H27N5O2S/c1-14-9-15(2)22(16(3)10-14)18-13-31-23(25-18)27-21(30)12-28(5)11-20(29)26-19-8-6-7-17(4)24-19/h6-10,13H,11-12H2,1-5H3,(H,24,26,29)(H,25,27,30). The number of aromatic nitrogens is 2. The SMILES string of the molecule is Cc1cc(C)c(-c2csc(NC(=O)CN(C)CC(=O)Nc3cccc(C)n3)n2)c(C)c1. The van der Waals surface area contributed by atoms with E-state index in [2.05, 4.69) is 53.5 Å². The Morgan fingerprint density at radius 1 is 0.968 bits per heavy atom. The molecule has 0 spiro atoms. The highest BCUT2D eigenvalue weighted by atomic mass is 32.1. The van der Waals surface area contributed by atoms with E-state index < -0.39 is 0 Å². The van der Waals surface area contributed by atoms with E-state index in [1.807, 2.05) is 24.4 Å². The molecule has 0 saturated carbocycles. The van der Waals surface area contributed by atoms with E-state index in [9.17, 15) is 9.59 Å². The normalized spacial score (nSPS) is 10.9. The molecule has 0 fully saturated rings. The molecule has 7 nitrogen and oxygen atoms in total. The number of hydrogen-bond donors (Lipinski definition) is 2. The molecule has 0 bridgehead atoms. The number of nitrogens with one attached hydrogen (secondary N) is 2. The highest BCUT2D eigenvalue weighted by Crippen LogP contribution is 2.31. The lowest BCUT2D eigenvalue weighted by atomic mass is 9.98. The molecular formula is C23H27N5O2S. The predicted octanol–water partition coefficient (Wildman–Crippen LogP) is 3.95. The molecule has 0 unspecified atom stereocenters. The fraction of sp³-hybridized carbons (Fsp3) is 0.304. The molecule has 1 aromatic carbocycles. The summed E-state index contributed by atoms with van der Waals surface area (Å²) in [5.41, 5.74) is 6.32. The first-order valence-corrected chi connectivity index (χ1v) is 10.8. The number of thiazole rings is 1. The lowest BCUT2D eigenvalue weighted by Gasteiger charge is -2.15. The third-order valence-electron chi connectivity index (χ3n) is 4.67. The minimum absolute atomic E-state index is 0.0756. The van der Waals surface area contributed by atoms with E-state index in [1.54, 1.807) is 18.0 Å². The number of aryl methyl sites for hydroxylation is 4. The number of rotatable bonds is 7. The second-order valence-corrected chi connectivity index (χ2v) is 8.60. The van der Waals surface area contributed by atoms with Crippen LogP contribution < -0.4 is 10.6 Å². The summed E-state index contributed by atoms with van der Waals surface area (Å²) in [6, 6.07) is 9.68. The quantitative estimate of drug-likeness (QED) is 0.584. The molecule has 8 heteroatoms. The van der Waals surface area contributed by atoms with Crippen LogP contribution in [0.5, 0.6) is 0 Å². The third kappa shape index (κ3) is 6.19. The van der Waals surface area contributed by atoms with Gasteiger partial charge in [-0.3, -0.25) is 14.5 Å². The van der Waals surface area contributed by atoms with Crippen LogP contribution in [-0.4, -0.2) is 46.8 Å². The predicted molar refractivity (Wildman–Crippen MR) is 125 cm³/mol. The third-order valence-corrected chi connectivity index (χ3v) is 5.42. The molecule has 0 atom stereocenters. The summed E-state index contributed by atoms with van der Waals surface area (Å²) in [6.07, 6.45) is 0. The van der Waals surface area contributed by atoms with Gasteiger partial charge in [-0.15, -0.1) is 11.3 Å². The van der Waals surface area contributed by atoms with Crippen molar-refractivity contribution in [1.82, 2.24) is 14.9 Å². The molecule has 162 valence electrons. The van der Waals surface area contributed by atoms with Crippen molar-refractivity contribution in [2.45, 2.75) is 27.7 Å². The Hall–Kier alpha value is -3.10. The summed E-state index contributed by atoms with van der Waals surface area (Å²) in [7, 11) is 1.72. The Balaban J connectivity index is 1.54. The smallest absolute Gasteiger partial charge is 0.240 e. The zero-order chi connectivity index (χ0) is 22.5. The summed E-state index contributed by atoms with van der Waals surface area (Å²) in [4.78, 5) is 35.1. The molecule has 31 heavy (non-hydrogen) atoms. The number of hydrogen-bond acceptors (Lipinski definition) is 6. The summed E-state index contributed by atoms with van der Waals surface area (Å²) in [5, 5.41) is 8.06. The zero-order valence-corrected chi connectivity index (χ0v) is 19.3. The number of carbonyl (C=O) groups excluding carboxylic acids is 2. The van der Waals surface area contributed by atoms with Gasteiger partial charge in [0.1, 0.15) is 5.82 Å². The summed E-state index contributed by atoms with van der Waals surface area (Å²) in [6.45, 7) is 8.22. The van der Waals surface area contributed by atoms with E-state index in [-0.39, 0.29) is 24.9 Å². The molecule has 0 aliphatic rings. The van der Waals surface area contributed by atoms with Crippen LogP contribution in [0.1, 0.15) is 22.4 Å². The zero-order valence-electron chi connectivity index (χ0n) is 18.4. The maximum Gasteiger partial charge on any atom is 0.240 e. The van der Waals surface area contributed by atoms with Crippen LogP contribution in [0, 0.1) is 27.7 Å². The average Bonchev–Trinajstić information content (AvgIpc) is 3.08. The number of pyridine rings is 1. The van der Waals surface area contributed by atoms with Gasteiger partial charge in [-0.05, 0) is 58.0 Å². The van der Waals surface area contributed by atoms with Crippen molar-refractivity contribution in [1.29, 1.82) is 0 Å². The maximum atomic E-state index is 12.4. The first-order chi connectivity index (χ1) is 14.7. The van der Waals surface area contributed by atoms with E-state index in [0.29, 0.717) is 10.9 Å². The molecular weight excluding hydrogens is 410 g/mol. The summed E-state index contributed by atoms with van der Waals surface area (Å²) < 4.78 is 0. The van der Waals surface area contributed by atoms with Crippen molar-refractivity contribution >= 4 is 34.1 Å².